The van der Waals surface area contributed by atoms with Gasteiger partial charge in [0, 0.05) is 37.1 Å². The first-order valence-electron chi connectivity index (χ1n) is 11.1. The van der Waals surface area contributed by atoms with Gasteiger partial charge in [-0.15, -0.1) is 24.0 Å². The fourth-order valence-corrected chi connectivity index (χ4v) is 4.06. The highest BCUT2D eigenvalue weighted by atomic mass is 127. The zero-order chi connectivity index (χ0) is 23.4. The number of para-hydroxylation sites is 2. The highest BCUT2D eigenvalue weighted by molar-refractivity contribution is 14.0. The van der Waals surface area contributed by atoms with Crippen molar-refractivity contribution in [3.8, 4) is 11.4 Å². The van der Waals surface area contributed by atoms with Crippen LogP contribution < -0.4 is 10.6 Å². The van der Waals surface area contributed by atoms with Crippen LogP contribution in [0.25, 0.3) is 11.4 Å². The Morgan fingerprint density at radius 2 is 1.53 bits per heavy atom. The van der Waals surface area contributed by atoms with Crippen molar-refractivity contribution in [3.05, 3.63) is 94.6 Å². The van der Waals surface area contributed by atoms with E-state index in [0.717, 1.165) is 45.7 Å². The number of halogens is 1. The van der Waals surface area contributed by atoms with E-state index in [9.17, 15) is 0 Å². The maximum atomic E-state index is 4.74. The van der Waals surface area contributed by atoms with Crippen molar-refractivity contribution in [1.29, 1.82) is 0 Å². The van der Waals surface area contributed by atoms with Gasteiger partial charge in [-0.2, -0.15) is 10.2 Å². The quantitative estimate of drug-likeness (QED) is 0.199. The summed E-state index contributed by atoms with van der Waals surface area (Å²) in [5.41, 5.74) is 8.71. The molecule has 4 rings (SSSR count). The van der Waals surface area contributed by atoms with Crippen LogP contribution in [0.4, 0.5) is 0 Å². The number of rotatable bonds is 6. The molecular formula is C26H32IN7. The van der Waals surface area contributed by atoms with Gasteiger partial charge < -0.3 is 10.6 Å². The van der Waals surface area contributed by atoms with Crippen molar-refractivity contribution in [2.24, 2.45) is 4.99 Å². The Labute approximate surface area is 218 Å². The highest BCUT2D eigenvalue weighted by Crippen LogP contribution is 2.18. The molecule has 0 amide bonds. The van der Waals surface area contributed by atoms with Crippen LogP contribution in [0.3, 0.4) is 0 Å². The molecule has 0 aliphatic carbocycles. The Balaban J connectivity index is 0.00000324. The van der Waals surface area contributed by atoms with Crippen LogP contribution in [0.15, 0.2) is 65.7 Å². The number of aliphatic imine (C=N–C) groups is 1. The second-order valence-corrected chi connectivity index (χ2v) is 8.14. The van der Waals surface area contributed by atoms with Gasteiger partial charge in [-0.25, -0.2) is 9.36 Å². The molecule has 34 heavy (non-hydrogen) atoms. The SMILES string of the molecule is CN=C(NCc1ccccc1-n1nc(C)cc1C)NCc1c(C)nn(-c2ccccc2)c1C.I. The molecular weight excluding hydrogens is 537 g/mol. The Morgan fingerprint density at radius 3 is 2.21 bits per heavy atom. The molecule has 2 N–H and O–H groups in total. The van der Waals surface area contributed by atoms with Crippen LogP contribution in [0.1, 0.15) is 33.9 Å². The van der Waals surface area contributed by atoms with Crippen molar-refractivity contribution in [1.82, 2.24) is 30.2 Å². The van der Waals surface area contributed by atoms with Gasteiger partial charge in [-0.1, -0.05) is 36.4 Å². The average Bonchev–Trinajstić information content (AvgIpc) is 3.31. The fraction of sp³-hybridized carbons (Fsp3) is 0.269. The lowest BCUT2D eigenvalue weighted by Crippen LogP contribution is -2.36. The molecule has 178 valence electrons. The summed E-state index contributed by atoms with van der Waals surface area (Å²) in [5.74, 6) is 0.740. The summed E-state index contributed by atoms with van der Waals surface area (Å²) in [6.45, 7) is 9.51. The Bertz CT molecular complexity index is 1270. The molecule has 0 saturated heterocycles. The van der Waals surface area contributed by atoms with Crippen LogP contribution >= 0.6 is 24.0 Å². The standard InChI is InChI=1S/C26H31N7.HI/c1-18-15-19(2)32(30-18)25-14-10-9-11-22(25)16-28-26(27-5)29-17-24-20(3)31-33(21(24)4)23-12-7-6-8-13-23;/h6-15H,16-17H2,1-5H3,(H2,27,28,29);1H. The molecule has 2 aromatic heterocycles. The first-order valence-corrected chi connectivity index (χ1v) is 11.1. The molecule has 0 aliphatic rings. The molecule has 0 spiro atoms. The first-order chi connectivity index (χ1) is 16.0. The third-order valence-corrected chi connectivity index (χ3v) is 5.77. The zero-order valence-corrected chi connectivity index (χ0v) is 22.7. The monoisotopic (exact) mass is 569 g/mol. The molecule has 2 heterocycles. The molecule has 0 bridgehead atoms. The second-order valence-electron chi connectivity index (χ2n) is 8.14. The molecule has 0 atom stereocenters. The number of benzene rings is 2. The summed E-state index contributed by atoms with van der Waals surface area (Å²) in [7, 11) is 1.79. The minimum atomic E-state index is 0. The minimum Gasteiger partial charge on any atom is -0.352 e. The largest absolute Gasteiger partial charge is 0.352 e. The number of aryl methyl sites for hydroxylation is 3. The average molecular weight is 569 g/mol. The number of hydrogen-bond acceptors (Lipinski definition) is 3. The van der Waals surface area contributed by atoms with Gasteiger partial charge in [0.05, 0.1) is 22.8 Å². The van der Waals surface area contributed by atoms with Crippen molar-refractivity contribution in [2.45, 2.75) is 40.8 Å². The van der Waals surface area contributed by atoms with Gasteiger partial charge in [0.2, 0.25) is 0 Å². The molecule has 0 saturated carbocycles. The topological polar surface area (TPSA) is 72.1 Å². The van der Waals surface area contributed by atoms with E-state index in [-0.39, 0.29) is 24.0 Å². The lowest BCUT2D eigenvalue weighted by molar-refractivity contribution is 0.778. The van der Waals surface area contributed by atoms with Crippen LogP contribution in [-0.2, 0) is 13.1 Å². The summed E-state index contributed by atoms with van der Waals surface area (Å²) >= 11 is 0. The van der Waals surface area contributed by atoms with E-state index < -0.39 is 0 Å². The number of aromatic nitrogens is 4. The Kier molecular flexibility index (Phi) is 8.49. The van der Waals surface area contributed by atoms with E-state index in [1.807, 2.05) is 53.5 Å². The van der Waals surface area contributed by atoms with Gasteiger partial charge >= 0.3 is 0 Å². The van der Waals surface area contributed by atoms with Crippen molar-refractivity contribution < 1.29 is 0 Å². The van der Waals surface area contributed by atoms with Crippen LogP contribution in [-0.4, -0.2) is 32.6 Å². The van der Waals surface area contributed by atoms with Crippen LogP contribution in [0.2, 0.25) is 0 Å². The van der Waals surface area contributed by atoms with Crippen LogP contribution in [0.5, 0.6) is 0 Å². The summed E-state index contributed by atoms with van der Waals surface area (Å²) in [6.07, 6.45) is 0. The normalized spacial score (nSPS) is 11.3. The molecule has 2 aromatic carbocycles. The number of hydrogen-bond donors (Lipinski definition) is 2. The van der Waals surface area contributed by atoms with Gasteiger partial charge in [-0.05, 0) is 57.5 Å². The predicted molar refractivity (Wildman–Crippen MR) is 149 cm³/mol. The Morgan fingerprint density at radius 1 is 0.853 bits per heavy atom. The smallest absolute Gasteiger partial charge is 0.191 e. The molecule has 0 unspecified atom stereocenters. The third-order valence-electron chi connectivity index (χ3n) is 5.77. The van der Waals surface area contributed by atoms with E-state index in [1.165, 1.54) is 5.56 Å². The summed E-state index contributed by atoms with van der Waals surface area (Å²) in [6, 6.07) is 20.6. The number of nitrogens with zero attached hydrogens (tertiary/aromatic N) is 5. The maximum Gasteiger partial charge on any atom is 0.191 e. The fourth-order valence-electron chi connectivity index (χ4n) is 4.06. The molecule has 7 nitrogen and oxygen atoms in total. The van der Waals surface area contributed by atoms with E-state index in [4.69, 9.17) is 5.10 Å². The lowest BCUT2D eigenvalue weighted by atomic mass is 10.1. The van der Waals surface area contributed by atoms with Gasteiger partial charge in [0.15, 0.2) is 5.96 Å². The summed E-state index contributed by atoms with van der Waals surface area (Å²) < 4.78 is 3.99. The minimum absolute atomic E-state index is 0. The van der Waals surface area contributed by atoms with E-state index in [1.54, 1.807) is 7.05 Å². The number of nitrogens with one attached hydrogen (secondary N) is 2. The van der Waals surface area contributed by atoms with Gasteiger partial charge in [0.25, 0.3) is 0 Å². The van der Waals surface area contributed by atoms with Gasteiger partial charge in [-0.3, -0.25) is 4.99 Å². The van der Waals surface area contributed by atoms with Gasteiger partial charge in [0.1, 0.15) is 0 Å². The summed E-state index contributed by atoms with van der Waals surface area (Å²) in [4.78, 5) is 4.41. The third kappa shape index (κ3) is 5.49. The van der Waals surface area contributed by atoms with E-state index >= 15 is 0 Å². The second kappa shape index (κ2) is 11.3. The van der Waals surface area contributed by atoms with Crippen molar-refractivity contribution >= 4 is 29.9 Å². The van der Waals surface area contributed by atoms with Crippen molar-refractivity contribution in [3.63, 3.8) is 0 Å². The first kappa shape index (κ1) is 25.5. The Hall–Kier alpha value is -3.14. The molecule has 0 fully saturated rings. The van der Waals surface area contributed by atoms with E-state index in [0.29, 0.717) is 13.1 Å². The summed E-state index contributed by atoms with van der Waals surface area (Å²) in [5, 5.41) is 16.3. The molecule has 8 heteroatoms. The zero-order valence-electron chi connectivity index (χ0n) is 20.3. The van der Waals surface area contributed by atoms with E-state index in [2.05, 4.69) is 64.9 Å². The van der Waals surface area contributed by atoms with Crippen LogP contribution in [0, 0.1) is 27.7 Å². The lowest BCUT2D eigenvalue weighted by Gasteiger charge is -2.15. The molecule has 0 aliphatic heterocycles. The maximum absolute atomic E-state index is 4.74. The number of guanidine groups is 1. The molecule has 0 radical (unpaired) electrons. The highest BCUT2D eigenvalue weighted by Gasteiger charge is 2.14. The van der Waals surface area contributed by atoms with Crippen molar-refractivity contribution in [2.75, 3.05) is 7.05 Å². The molecule has 4 aromatic rings. The predicted octanol–water partition coefficient (Wildman–Crippen LogP) is 4.77.